The highest BCUT2D eigenvalue weighted by atomic mass is 16.4. The molecule has 0 bridgehead atoms. The molecule has 2 fully saturated rings. The van der Waals surface area contributed by atoms with Crippen molar-refractivity contribution in [1.29, 1.82) is 0 Å². The normalized spacial score (nSPS) is 22.1. The molecule has 1 amide bonds. The lowest BCUT2D eigenvalue weighted by atomic mass is 9.85. The van der Waals surface area contributed by atoms with Crippen LogP contribution in [0.3, 0.4) is 0 Å². The fraction of sp³-hybridized carbons (Fsp3) is 0.500. The first kappa shape index (κ1) is 17.5. The van der Waals surface area contributed by atoms with E-state index in [0.29, 0.717) is 37.8 Å². The van der Waals surface area contributed by atoms with Crippen LogP contribution in [0.4, 0.5) is 0 Å². The number of carbonyl (C=O) groups is 2. The molecule has 0 spiro atoms. The number of carboxylic acid groups (broad SMARTS) is 1. The second-order valence-corrected chi connectivity index (χ2v) is 6.91. The van der Waals surface area contributed by atoms with Crippen molar-refractivity contribution in [2.24, 2.45) is 0 Å². The van der Waals surface area contributed by atoms with Crippen LogP contribution in [0.5, 0.6) is 0 Å². The van der Waals surface area contributed by atoms with Gasteiger partial charge in [-0.2, -0.15) is 0 Å². The van der Waals surface area contributed by atoms with Crippen molar-refractivity contribution in [2.45, 2.75) is 56.6 Å². The van der Waals surface area contributed by atoms with E-state index in [0.717, 1.165) is 24.8 Å². The van der Waals surface area contributed by atoms with Crippen molar-refractivity contribution in [2.75, 3.05) is 6.54 Å². The average molecular weight is 341 g/mol. The summed E-state index contributed by atoms with van der Waals surface area (Å²) in [6.45, 7) is 0.477. The average Bonchev–Trinajstić information content (AvgIpc) is 3.11. The van der Waals surface area contributed by atoms with E-state index in [1.54, 1.807) is 24.3 Å². The lowest BCUT2D eigenvalue weighted by molar-refractivity contribution is -0.141. The number of aliphatic hydroxyl groups is 1. The second-order valence-electron chi connectivity index (χ2n) is 6.91. The van der Waals surface area contributed by atoms with Gasteiger partial charge in [0.1, 0.15) is 11.6 Å². The van der Waals surface area contributed by atoms with Gasteiger partial charge in [-0.15, -0.1) is 0 Å². The Kier molecular flexibility index (Phi) is 5.10. The predicted octanol–water partition coefficient (Wildman–Crippen LogP) is 2.42. The molecule has 0 radical (unpaired) electrons. The lowest BCUT2D eigenvalue weighted by Gasteiger charge is -2.26. The summed E-state index contributed by atoms with van der Waals surface area (Å²) in [6, 6.07) is 6.12. The van der Waals surface area contributed by atoms with E-state index < -0.39 is 17.6 Å². The minimum Gasteiger partial charge on any atom is -0.480 e. The van der Waals surface area contributed by atoms with Gasteiger partial charge in [-0.05, 0) is 62.8 Å². The molecule has 5 heteroatoms. The third kappa shape index (κ3) is 4.02. The van der Waals surface area contributed by atoms with Gasteiger partial charge in [0.05, 0.1) is 0 Å². The van der Waals surface area contributed by atoms with Gasteiger partial charge < -0.3 is 15.1 Å². The first-order valence-corrected chi connectivity index (χ1v) is 8.88. The molecule has 1 aliphatic carbocycles. The summed E-state index contributed by atoms with van der Waals surface area (Å²) in [4.78, 5) is 25.2. The smallest absolute Gasteiger partial charge is 0.326 e. The number of hydrogen-bond acceptors (Lipinski definition) is 3. The van der Waals surface area contributed by atoms with Gasteiger partial charge in [-0.1, -0.05) is 18.3 Å². The van der Waals surface area contributed by atoms with Gasteiger partial charge in [0.15, 0.2) is 0 Å². The number of nitrogens with zero attached hydrogens (tertiary/aromatic N) is 1. The monoisotopic (exact) mass is 341 g/mol. The number of rotatable bonds is 2. The Morgan fingerprint density at radius 2 is 1.76 bits per heavy atom. The predicted molar refractivity (Wildman–Crippen MR) is 93.0 cm³/mol. The van der Waals surface area contributed by atoms with Crippen LogP contribution in [-0.2, 0) is 4.79 Å². The molecular formula is C20H23NO4. The number of amides is 1. The summed E-state index contributed by atoms with van der Waals surface area (Å²) in [5.74, 6) is 4.77. The van der Waals surface area contributed by atoms with Gasteiger partial charge in [0.25, 0.3) is 5.91 Å². The molecule has 1 aromatic carbocycles. The van der Waals surface area contributed by atoms with Gasteiger partial charge >= 0.3 is 5.97 Å². The summed E-state index contributed by atoms with van der Waals surface area (Å²) in [6.07, 6.45) is 5.78. The molecule has 132 valence electrons. The van der Waals surface area contributed by atoms with Gasteiger partial charge in [-0.25, -0.2) is 4.79 Å². The van der Waals surface area contributed by atoms with Gasteiger partial charge in [0.2, 0.25) is 0 Å². The summed E-state index contributed by atoms with van der Waals surface area (Å²) in [5.41, 5.74) is 0.318. The Morgan fingerprint density at radius 3 is 2.40 bits per heavy atom. The van der Waals surface area contributed by atoms with Crippen molar-refractivity contribution in [3.05, 3.63) is 35.4 Å². The quantitative estimate of drug-likeness (QED) is 0.810. The van der Waals surface area contributed by atoms with E-state index in [1.807, 2.05) is 0 Å². The molecule has 3 rings (SSSR count). The molecule has 1 unspecified atom stereocenters. The zero-order chi connectivity index (χ0) is 17.9. The number of likely N-dealkylation sites (tertiary alicyclic amines) is 1. The van der Waals surface area contributed by atoms with Crippen molar-refractivity contribution in [3.63, 3.8) is 0 Å². The molecule has 25 heavy (non-hydrogen) atoms. The summed E-state index contributed by atoms with van der Waals surface area (Å²) in [5, 5.41) is 19.6. The zero-order valence-corrected chi connectivity index (χ0v) is 14.2. The van der Waals surface area contributed by atoms with Crippen LogP contribution in [-0.4, -0.2) is 45.2 Å². The number of carbonyl (C=O) groups excluding carboxylic acids is 1. The Hall–Kier alpha value is -2.32. The van der Waals surface area contributed by atoms with E-state index in [1.165, 1.54) is 4.90 Å². The van der Waals surface area contributed by atoms with Gasteiger partial charge in [0, 0.05) is 17.7 Å². The van der Waals surface area contributed by atoms with Crippen LogP contribution in [0.2, 0.25) is 0 Å². The van der Waals surface area contributed by atoms with Crippen molar-refractivity contribution < 1.29 is 19.8 Å². The SMILES string of the molecule is O=C(O)C1CCCN1C(=O)c1ccc(C#CC2(O)CCCCC2)cc1. The second kappa shape index (κ2) is 7.28. The highest BCUT2D eigenvalue weighted by Gasteiger charge is 2.34. The highest BCUT2D eigenvalue weighted by molar-refractivity contribution is 5.97. The van der Waals surface area contributed by atoms with Crippen LogP contribution in [0.1, 0.15) is 60.9 Å². The van der Waals surface area contributed by atoms with Crippen LogP contribution in [0.25, 0.3) is 0 Å². The minimum atomic E-state index is -0.950. The van der Waals surface area contributed by atoms with Crippen LogP contribution < -0.4 is 0 Å². The van der Waals surface area contributed by atoms with E-state index in [-0.39, 0.29) is 5.91 Å². The summed E-state index contributed by atoms with van der Waals surface area (Å²) >= 11 is 0. The van der Waals surface area contributed by atoms with Crippen LogP contribution >= 0.6 is 0 Å². The number of carboxylic acids is 1. The fourth-order valence-corrected chi connectivity index (χ4v) is 3.58. The largest absolute Gasteiger partial charge is 0.480 e. The third-order valence-electron chi connectivity index (χ3n) is 5.05. The first-order chi connectivity index (χ1) is 12.0. The molecular weight excluding hydrogens is 318 g/mol. The van der Waals surface area contributed by atoms with Crippen molar-refractivity contribution in [3.8, 4) is 11.8 Å². The molecule has 1 saturated carbocycles. The molecule has 1 aromatic rings. The minimum absolute atomic E-state index is 0.254. The number of benzene rings is 1. The zero-order valence-electron chi connectivity index (χ0n) is 14.2. The number of aliphatic carboxylic acids is 1. The summed E-state index contributed by atoms with van der Waals surface area (Å²) < 4.78 is 0. The van der Waals surface area contributed by atoms with Crippen molar-refractivity contribution >= 4 is 11.9 Å². The highest BCUT2D eigenvalue weighted by Crippen LogP contribution is 2.27. The Morgan fingerprint density at radius 1 is 1.08 bits per heavy atom. The molecule has 0 aromatic heterocycles. The Bertz CT molecular complexity index is 707. The Balaban J connectivity index is 1.70. The van der Waals surface area contributed by atoms with E-state index in [4.69, 9.17) is 0 Å². The van der Waals surface area contributed by atoms with Gasteiger partial charge in [-0.3, -0.25) is 4.79 Å². The van der Waals surface area contributed by atoms with Crippen LogP contribution in [0.15, 0.2) is 24.3 Å². The molecule has 1 atom stereocenters. The maximum absolute atomic E-state index is 12.5. The molecule has 2 aliphatic rings. The molecule has 5 nitrogen and oxygen atoms in total. The van der Waals surface area contributed by atoms with E-state index >= 15 is 0 Å². The molecule has 1 heterocycles. The standard InChI is InChI=1S/C20H23NO4/c22-18(21-14-4-5-17(21)19(23)24)16-8-6-15(7-9-16)10-13-20(25)11-2-1-3-12-20/h6-9,17,25H,1-5,11-12,14H2,(H,23,24). The van der Waals surface area contributed by atoms with Crippen LogP contribution in [0, 0.1) is 11.8 Å². The molecule has 1 aliphatic heterocycles. The van der Waals surface area contributed by atoms with Crippen molar-refractivity contribution in [1.82, 2.24) is 4.90 Å². The molecule has 2 N–H and O–H groups in total. The maximum atomic E-state index is 12.5. The first-order valence-electron chi connectivity index (χ1n) is 8.88. The Labute approximate surface area is 147 Å². The topological polar surface area (TPSA) is 77.8 Å². The van der Waals surface area contributed by atoms with E-state index in [2.05, 4.69) is 11.8 Å². The number of hydrogen-bond donors (Lipinski definition) is 2. The molecule has 1 saturated heterocycles. The lowest BCUT2D eigenvalue weighted by Crippen LogP contribution is -2.40. The third-order valence-corrected chi connectivity index (χ3v) is 5.05. The van der Waals surface area contributed by atoms with E-state index in [9.17, 15) is 19.8 Å². The fourth-order valence-electron chi connectivity index (χ4n) is 3.58. The maximum Gasteiger partial charge on any atom is 0.326 e. The summed E-state index contributed by atoms with van der Waals surface area (Å²) in [7, 11) is 0.